The zero-order valence-corrected chi connectivity index (χ0v) is 38.6. The van der Waals surface area contributed by atoms with E-state index >= 15 is 0 Å². The maximum Gasteiger partial charge on any atom is 3.00 e. The van der Waals surface area contributed by atoms with Crippen molar-refractivity contribution < 1.29 is 168 Å². The van der Waals surface area contributed by atoms with Crippen molar-refractivity contribution in [3.8, 4) is 33.4 Å². The van der Waals surface area contributed by atoms with Crippen LogP contribution >= 0.6 is 0 Å². The third-order valence-electron chi connectivity index (χ3n) is 5.64. The molecule has 342 valence electrons. The average Bonchev–Trinajstić information content (AvgIpc) is 3.19. The summed E-state index contributed by atoms with van der Waals surface area (Å²) in [7, 11) is 0. The molecule has 0 atom stereocenters. The van der Waals surface area contributed by atoms with Crippen molar-refractivity contribution in [3.63, 3.8) is 0 Å². The van der Waals surface area contributed by atoms with Gasteiger partial charge >= 0.3 is 77.9 Å². The molecule has 0 saturated carbocycles. The molecule has 0 spiro atoms. The minimum atomic E-state index is -2.33. The van der Waals surface area contributed by atoms with Crippen LogP contribution < -0.4 is 61.3 Å². The van der Waals surface area contributed by atoms with Crippen LogP contribution in [-0.2, 0) is 77.9 Å². The largest absolute Gasteiger partial charge is 3.00 e. The molecule has 6 aromatic carbocycles. The molecule has 0 fully saturated rings. The van der Waals surface area contributed by atoms with Crippen molar-refractivity contribution in [3.05, 3.63) is 182 Å². The van der Waals surface area contributed by atoms with E-state index in [0.29, 0.717) is 0 Å². The summed E-state index contributed by atoms with van der Waals surface area (Å²) in [4.78, 5) is 50.0. The summed E-state index contributed by atoms with van der Waals surface area (Å²) in [5.41, 5.74) is 7.66. The van der Waals surface area contributed by atoms with Gasteiger partial charge in [-0.25, -0.2) is 0 Å². The van der Waals surface area contributed by atoms with Crippen LogP contribution in [0.25, 0.3) is 33.4 Å². The first kappa shape index (κ1) is 71.9. The normalized spacial score (nSPS) is 7.69. The maximum absolute atomic E-state index is 8.33. The van der Waals surface area contributed by atoms with Crippen molar-refractivity contribution in [1.29, 1.82) is 0 Å². The van der Waals surface area contributed by atoms with Gasteiger partial charge in [-0.15, -0.1) is 0 Å². The number of benzene rings is 6. The molecule has 6 aromatic rings. The van der Waals surface area contributed by atoms with Gasteiger partial charge in [-0.1, -0.05) is 182 Å². The molecular weight excluding hydrogens is 1200 g/mol. The van der Waals surface area contributed by atoms with Gasteiger partial charge in [-0.3, -0.25) is 0 Å². The summed E-state index contributed by atoms with van der Waals surface area (Å²) >= 11 is 0. The summed E-state index contributed by atoms with van der Waals surface area (Å²) < 4.78 is 0. The summed E-state index contributed by atoms with van der Waals surface area (Å²) in [6.07, 6.45) is -14.0. The minimum Gasteiger partial charge on any atom is -0.652 e. The van der Waals surface area contributed by atoms with Gasteiger partial charge in [-0.05, 0) is 70.3 Å². The van der Waals surface area contributed by atoms with Gasteiger partial charge in [0, 0.05) is 0 Å². The van der Waals surface area contributed by atoms with Gasteiger partial charge < -0.3 is 90.0 Å². The van der Waals surface area contributed by atoms with E-state index in [0.717, 1.165) is 0 Å². The van der Waals surface area contributed by atoms with Gasteiger partial charge in [0.05, 0.1) is 0 Å². The number of hydrogen-bond donors (Lipinski definition) is 0. The molecule has 0 unspecified atom stereocenters. The van der Waals surface area contributed by atoms with Gasteiger partial charge in [-0.2, -0.15) is 0 Å². The quantitative estimate of drug-likeness (QED) is 0.150. The van der Waals surface area contributed by atoms with Crippen molar-refractivity contribution >= 4 is 36.9 Å². The predicted octanol–water partition coefficient (Wildman–Crippen LogP) is -4.63. The Morgan fingerprint density at radius 3 is 0.312 bits per heavy atom. The van der Waals surface area contributed by atoms with Crippen LogP contribution in [-0.4, -0.2) is 36.9 Å². The summed E-state index contributed by atoms with van der Waals surface area (Å²) in [6.45, 7) is 0. The fourth-order valence-corrected chi connectivity index (χ4v) is 3.78. The standard InChI is InChI=1S/3C12H10.6CH2O3.4Rh/c3*1-3-7-11(8-4-1)12-9-5-2-6-10-12;6*2-1(3)4;;;;/h3*1-10H;6*(H2,2,3,4);;;;/q;;;;;;;;;4*+3/p-12. The Labute approximate surface area is 417 Å². The van der Waals surface area contributed by atoms with E-state index < -0.39 is 36.9 Å². The molecule has 0 bridgehead atoms. The zero-order chi connectivity index (χ0) is 46.1. The molecule has 64 heavy (non-hydrogen) atoms. The monoisotopic (exact) mass is 1230 g/mol. The number of hydrogen-bond acceptors (Lipinski definition) is 18. The second kappa shape index (κ2) is 49.1. The fourth-order valence-electron chi connectivity index (χ4n) is 3.78. The Balaban J connectivity index is -0.000000120. The predicted molar refractivity (Wildman–Crippen MR) is 188 cm³/mol. The Hall–Kier alpha value is -6.57. The van der Waals surface area contributed by atoms with Crippen molar-refractivity contribution in [2.75, 3.05) is 0 Å². The first-order valence-corrected chi connectivity index (χ1v) is 15.9. The van der Waals surface area contributed by atoms with Crippen LogP contribution in [0.1, 0.15) is 0 Å². The second-order valence-electron chi connectivity index (χ2n) is 9.70. The van der Waals surface area contributed by atoms with E-state index in [1.165, 1.54) is 33.4 Å². The van der Waals surface area contributed by atoms with Gasteiger partial charge in [0.1, 0.15) is 0 Å². The van der Waals surface area contributed by atoms with Crippen molar-refractivity contribution in [2.24, 2.45) is 0 Å². The zero-order valence-electron chi connectivity index (χ0n) is 32.0. The smallest absolute Gasteiger partial charge is 0.652 e. The molecule has 18 nitrogen and oxygen atoms in total. The first-order chi connectivity index (χ1) is 28.3. The molecule has 0 aliphatic rings. The third kappa shape index (κ3) is 57.5. The van der Waals surface area contributed by atoms with Gasteiger partial charge in [0.25, 0.3) is 0 Å². The summed E-state index contributed by atoms with van der Waals surface area (Å²) in [5, 5.41) is 100. The molecular formula is C42H30O18Rh4. The number of carboxylic acid groups (broad SMARTS) is 12. The van der Waals surface area contributed by atoms with Crippen LogP contribution in [0.3, 0.4) is 0 Å². The van der Waals surface area contributed by atoms with E-state index in [9.17, 15) is 0 Å². The van der Waals surface area contributed by atoms with Crippen LogP contribution in [0, 0.1) is 0 Å². The maximum atomic E-state index is 8.33. The SMILES string of the molecule is O=C([O-])[O-].O=C([O-])[O-].O=C([O-])[O-].O=C([O-])[O-].O=C([O-])[O-].O=C([O-])[O-].[Rh+3].[Rh+3].[Rh+3].[Rh+3].c1ccc(-c2ccccc2)cc1.c1ccc(-c2ccccc2)cc1.c1ccc(-c2ccccc2)cc1. The van der Waals surface area contributed by atoms with E-state index in [4.69, 9.17) is 90.0 Å². The molecule has 0 N–H and O–H groups in total. The van der Waals surface area contributed by atoms with Crippen LogP contribution in [0.5, 0.6) is 0 Å². The average molecular weight is 1230 g/mol. The molecule has 0 aliphatic heterocycles. The molecule has 22 heteroatoms. The summed E-state index contributed by atoms with van der Waals surface area (Å²) in [6, 6.07) is 62.3. The Morgan fingerprint density at radius 1 is 0.188 bits per heavy atom. The number of rotatable bonds is 3. The van der Waals surface area contributed by atoms with Gasteiger partial charge in [0.2, 0.25) is 0 Å². The van der Waals surface area contributed by atoms with Crippen LogP contribution in [0.2, 0.25) is 0 Å². The number of carbonyl (C=O) groups excluding carboxylic acids is 6. The Kier molecular flexibility index (Phi) is 55.2. The van der Waals surface area contributed by atoms with E-state index in [-0.39, 0.29) is 77.9 Å². The minimum absolute atomic E-state index is 0. The van der Waals surface area contributed by atoms with E-state index in [1.54, 1.807) is 0 Å². The number of carbonyl (C=O) groups is 6. The summed E-state index contributed by atoms with van der Waals surface area (Å²) in [5.74, 6) is 0. The van der Waals surface area contributed by atoms with Crippen molar-refractivity contribution in [1.82, 2.24) is 0 Å². The molecule has 0 saturated heterocycles. The molecule has 6 rings (SSSR count). The van der Waals surface area contributed by atoms with Gasteiger partial charge in [0.15, 0.2) is 0 Å². The van der Waals surface area contributed by atoms with Crippen molar-refractivity contribution in [2.45, 2.75) is 0 Å². The molecule has 0 amide bonds. The molecule has 0 aromatic heterocycles. The third-order valence-corrected chi connectivity index (χ3v) is 5.64. The van der Waals surface area contributed by atoms with Crippen LogP contribution in [0.4, 0.5) is 28.8 Å². The van der Waals surface area contributed by atoms with Crippen LogP contribution in [0.15, 0.2) is 182 Å². The first-order valence-electron chi connectivity index (χ1n) is 15.9. The molecule has 0 radical (unpaired) electrons. The Morgan fingerprint density at radius 2 is 0.250 bits per heavy atom. The Bertz CT molecular complexity index is 1610. The molecule has 0 heterocycles. The topological polar surface area (TPSA) is 379 Å². The second-order valence-corrected chi connectivity index (χ2v) is 9.70. The van der Waals surface area contributed by atoms with E-state index in [1.807, 2.05) is 36.4 Å². The fraction of sp³-hybridized carbons (Fsp3) is 0. The van der Waals surface area contributed by atoms with E-state index in [2.05, 4.69) is 146 Å². The molecule has 0 aliphatic carbocycles.